The SMILES string of the molecule is CC(O)Cc1cccc(N2CCNCC2)c1. The van der Waals surface area contributed by atoms with E-state index in [-0.39, 0.29) is 6.10 Å². The van der Waals surface area contributed by atoms with Crippen LogP contribution in [0.5, 0.6) is 0 Å². The van der Waals surface area contributed by atoms with Crippen LogP contribution in [0.2, 0.25) is 0 Å². The highest BCUT2D eigenvalue weighted by atomic mass is 16.3. The van der Waals surface area contributed by atoms with Crippen molar-refractivity contribution in [2.75, 3.05) is 31.1 Å². The van der Waals surface area contributed by atoms with Crippen LogP contribution in [0.1, 0.15) is 12.5 Å². The van der Waals surface area contributed by atoms with E-state index in [0.29, 0.717) is 0 Å². The van der Waals surface area contributed by atoms with Gasteiger partial charge in [0.2, 0.25) is 0 Å². The maximum Gasteiger partial charge on any atom is 0.0552 e. The monoisotopic (exact) mass is 220 g/mol. The first-order valence-electron chi connectivity index (χ1n) is 5.98. The molecule has 1 heterocycles. The highest BCUT2D eigenvalue weighted by Gasteiger charge is 2.10. The van der Waals surface area contributed by atoms with E-state index in [2.05, 4.69) is 34.5 Å². The van der Waals surface area contributed by atoms with Crippen molar-refractivity contribution in [1.29, 1.82) is 0 Å². The van der Waals surface area contributed by atoms with Crippen LogP contribution in [-0.2, 0) is 6.42 Å². The first-order valence-corrected chi connectivity index (χ1v) is 5.98. The zero-order valence-corrected chi connectivity index (χ0v) is 9.82. The number of aliphatic hydroxyl groups is 1. The second kappa shape index (κ2) is 5.32. The molecule has 1 atom stereocenters. The fourth-order valence-electron chi connectivity index (χ4n) is 2.14. The van der Waals surface area contributed by atoms with E-state index in [1.165, 1.54) is 11.3 Å². The number of aliphatic hydroxyl groups excluding tert-OH is 1. The molecule has 2 N–H and O–H groups in total. The third-order valence-electron chi connectivity index (χ3n) is 2.92. The van der Waals surface area contributed by atoms with Crippen molar-refractivity contribution in [1.82, 2.24) is 5.32 Å². The van der Waals surface area contributed by atoms with Crippen LogP contribution in [0, 0.1) is 0 Å². The Bertz CT molecular complexity index is 332. The molecule has 0 amide bonds. The molecule has 1 saturated heterocycles. The molecule has 1 fully saturated rings. The molecule has 0 spiro atoms. The van der Waals surface area contributed by atoms with E-state index < -0.39 is 0 Å². The zero-order valence-electron chi connectivity index (χ0n) is 9.82. The fraction of sp³-hybridized carbons (Fsp3) is 0.538. The van der Waals surface area contributed by atoms with Crippen LogP contribution >= 0.6 is 0 Å². The summed E-state index contributed by atoms with van der Waals surface area (Å²) in [6.07, 6.45) is 0.471. The summed E-state index contributed by atoms with van der Waals surface area (Å²) in [5.41, 5.74) is 2.49. The first-order chi connectivity index (χ1) is 7.75. The lowest BCUT2D eigenvalue weighted by molar-refractivity contribution is 0.195. The van der Waals surface area contributed by atoms with Gasteiger partial charge in [-0.25, -0.2) is 0 Å². The standard InChI is InChI=1S/C13H20N2O/c1-11(16)9-12-3-2-4-13(10-12)15-7-5-14-6-8-15/h2-4,10-11,14,16H,5-9H2,1H3. The van der Waals surface area contributed by atoms with Crippen LogP contribution in [0.25, 0.3) is 0 Å². The lowest BCUT2D eigenvalue weighted by atomic mass is 10.1. The van der Waals surface area contributed by atoms with Crippen molar-refractivity contribution in [3.05, 3.63) is 29.8 Å². The van der Waals surface area contributed by atoms with Crippen LogP contribution in [0.4, 0.5) is 5.69 Å². The Morgan fingerprint density at radius 2 is 2.12 bits per heavy atom. The molecule has 1 aromatic carbocycles. The molecule has 0 radical (unpaired) electrons. The Morgan fingerprint density at radius 1 is 1.38 bits per heavy atom. The highest BCUT2D eigenvalue weighted by Crippen LogP contribution is 2.17. The predicted octanol–water partition coefficient (Wildman–Crippen LogP) is 1.02. The van der Waals surface area contributed by atoms with Gasteiger partial charge < -0.3 is 15.3 Å². The number of nitrogens with zero attached hydrogens (tertiary/aromatic N) is 1. The largest absolute Gasteiger partial charge is 0.393 e. The van der Waals surface area contributed by atoms with Crippen molar-refractivity contribution in [2.24, 2.45) is 0 Å². The molecule has 0 aliphatic carbocycles. The molecule has 88 valence electrons. The van der Waals surface area contributed by atoms with Gasteiger partial charge in [0.15, 0.2) is 0 Å². The van der Waals surface area contributed by atoms with Crippen LogP contribution in [-0.4, -0.2) is 37.4 Å². The molecule has 0 saturated carbocycles. The van der Waals surface area contributed by atoms with Crippen molar-refractivity contribution < 1.29 is 5.11 Å². The summed E-state index contributed by atoms with van der Waals surface area (Å²) >= 11 is 0. The molecule has 3 heteroatoms. The number of anilines is 1. The molecule has 0 bridgehead atoms. The average molecular weight is 220 g/mol. The van der Waals surface area contributed by atoms with Gasteiger partial charge in [0.1, 0.15) is 0 Å². The number of nitrogens with one attached hydrogen (secondary N) is 1. The van der Waals surface area contributed by atoms with Gasteiger partial charge >= 0.3 is 0 Å². The van der Waals surface area contributed by atoms with Crippen LogP contribution in [0.15, 0.2) is 24.3 Å². The Kier molecular flexibility index (Phi) is 3.80. The normalized spacial score (nSPS) is 18.5. The van der Waals surface area contributed by atoms with Gasteiger partial charge in [-0.05, 0) is 31.0 Å². The summed E-state index contributed by atoms with van der Waals surface area (Å²) in [6.45, 7) is 6.08. The van der Waals surface area contributed by atoms with E-state index in [1.54, 1.807) is 0 Å². The van der Waals surface area contributed by atoms with Crippen molar-refractivity contribution in [3.8, 4) is 0 Å². The number of rotatable bonds is 3. The van der Waals surface area contributed by atoms with E-state index in [9.17, 15) is 5.11 Å². The molecular weight excluding hydrogens is 200 g/mol. The Hall–Kier alpha value is -1.06. The highest BCUT2D eigenvalue weighted by molar-refractivity contribution is 5.49. The number of benzene rings is 1. The number of piperazine rings is 1. The van der Waals surface area contributed by atoms with Gasteiger partial charge in [0.05, 0.1) is 6.10 Å². The van der Waals surface area contributed by atoms with E-state index >= 15 is 0 Å². The molecule has 1 aromatic rings. The Balaban J connectivity index is 2.08. The van der Waals surface area contributed by atoms with Gasteiger partial charge in [-0.1, -0.05) is 12.1 Å². The molecule has 2 rings (SSSR count). The Labute approximate surface area is 97.1 Å². The average Bonchev–Trinajstić information content (AvgIpc) is 2.30. The number of hydrogen-bond donors (Lipinski definition) is 2. The van der Waals surface area contributed by atoms with Gasteiger partial charge in [-0.3, -0.25) is 0 Å². The molecule has 1 unspecified atom stereocenters. The number of hydrogen-bond acceptors (Lipinski definition) is 3. The summed E-state index contributed by atoms with van der Waals surface area (Å²) in [6, 6.07) is 8.50. The summed E-state index contributed by atoms with van der Waals surface area (Å²) in [5, 5.41) is 12.7. The third kappa shape index (κ3) is 2.97. The minimum Gasteiger partial charge on any atom is -0.393 e. The van der Waals surface area contributed by atoms with E-state index in [1.807, 2.05) is 6.92 Å². The van der Waals surface area contributed by atoms with Crippen molar-refractivity contribution in [2.45, 2.75) is 19.4 Å². The predicted molar refractivity (Wildman–Crippen MR) is 66.9 cm³/mol. The summed E-state index contributed by atoms with van der Waals surface area (Å²) in [5.74, 6) is 0. The second-order valence-electron chi connectivity index (χ2n) is 4.46. The van der Waals surface area contributed by atoms with Crippen molar-refractivity contribution >= 4 is 5.69 Å². The van der Waals surface area contributed by atoms with E-state index in [4.69, 9.17) is 0 Å². The van der Waals surface area contributed by atoms with Gasteiger partial charge in [-0.2, -0.15) is 0 Å². The van der Waals surface area contributed by atoms with Crippen LogP contribution in [0.3, 0.4) is 0 Å². The molecule has 0 aromatic heterocycles. The summed E-state index contributed by atoms with van der Waals surface area (Å²) < 4.78 is 0. The minimum absolute atomic E-state index is 0.265. The maximum atomic E-state index is 9.38. The quantitative estimate of drug-likeness (QED) is 0.798. The fourth-order valence-corrected chi connectivity index (χ4v) is 2.14. The molecule has 1 aliphatic rings. The zero-order chi connectivity index (χ0) is 11.4. The molecular formula is C13H20N2O. The molecule has 3 nitrogen and oxygen atoms in total. The maximum absolute atomic E-state index is 9.38. The van der Waals surface area contributed by atoms with Gasteiger partial charge in [0, 0.05) is 31.9 Å². The molecule has 1 aliphatic heterocycles. The first kappa shape index (κ1) is 11.4. The minimum atomic E-state index is -0.265. The summed E-state index contributed by atoms with van der Waals surface area (Å²) in [4.78, 5) is 2.39. The van der Waals surface area contributed by atoms with E-state index in [0.717, 1.165) is 32.6 Å². The lowest BCUT2D eigenvalue weighted by Gasteiger charge is -2.29. The van der Waals surface area contributed by atoms with Crippen molar-refractivity contribution in [3.63, 3.8) is 0 Å². The van der Waals surface area contributed by atoms with Gasteiger partial charge in [-0.15, -0.1) is 0 Å². The molecule has 16 heavy (non-hydrogen) atoms. The van der Waals surface area contributed by atoms with Crippen LogP contribution < -0.4 is 10.2 Å². The van der Waals surface area contributed by atoms with Gasteiger partial charge in [0.25, 0.3) is 0 Å². The Morgan fingerprint density at radius 3 is 2.81 bits per heavy atom. The topological polar surface area (TPSA) is 35.5 Å². The summed E-state index contributed by atoms with van der Waals surface area (Å²) in [7, 11) is 0. The second-order valence-corrected chi connectivity index (χ2v) is 4.46. The third-order valence-corrected chi connectivity index (χ3v) is 2.92. The lowest BCUT2D eigenvalue weighted by Crippen LogP contribution is -2.43. The smallest absolute Gasteiger partial charge is 0.0552 e.